The van der Waals surface area contributed by atoms with E-state index >= 15 is 0 Å². The van der Waals surface area contributed by atoms with Gasteiger partial charge in [0.15, 0.2) is 0 Å². The van der Waals surface area contributed by atoms with Crippen LogP contribution in [0, 0.1) is 0 Å². The van der Waals surface area contributed by atoms with E-state index in [1.165, 1.54) is 4.57 Å². The minimum atomic E-state index is -0.274. The summed E-state index contributed by atoms with van der Waals surface area (Å²) in [6.07, 6.45) is 1.59. The quantitative estimate of drug-likeness (QED) is 0.701. The number of aromatic nitrogens is 1. The van der Waals surface area contributed by atoms with E-state index in [-0.39, 0.29) is 12.3 Å². The third-order valence-electron chi connectivity index (χ3n) is 2.04. The highest BCUT2D eigenvalue weighted by molar-refractivity contribution is 5.81. The second-order valence-electron chi connectivity index (χ2n) is 2.82. The summed E-state index contributed by atoms with van der Waals surface area (Å²) in [5.41, 5.74) is -0.152. The molecule has 13 heavy (non-hydrogen) atoms. The molecule has 0 saturated heterocycles. The van der Waals surface area contributed by atoms with Gasteiger partial charge >= 0.3 is 0 Å². The normalized spacial score (nSPS) is 10.5. The molecule has 1 aromatic carbocycles. The van der Waals surface area contributed by atoms with E-state index in [4.69, 9.17) is 5.11 Å². The molecule has 0 saturated carbocycles. The van der Waals surface area contributed by atoms with Crippen molar-refractivity contribution in [1.29, 1.82) is 0 Å². The lowest BCUT2D eigenvalue weighted by molar-refractivity contribution is 0.206. The van der Waals surface area contributed by atoms with E-state index in [0.717, 1.165) is 5.39 Å². The standard InChI is InChI=1S/C10H9NO2/c12-7-11-6-5-8-3-1-2-4-9(8)10(11)13/h1-6,12H,7H2. The number of fused-ring (bicyclic) bond motifs is 1. The van der Waals surface area contributed by atoms with E-state index in [9.17, 15) is 4.79 Å². The highest BCUT2D eigenvalue weighted by atomic mass is 16.3. The van der Waals surface area contributed by atoms with Gasteiger partial charge in [-0.2, -0.15) is 0 Å². The highest BCUT2D eigenvalue weighted by Gasteiger charge is 1.99. The Bertz CT molecular complexity index is 487. The van der Waals surface area contributed by atoms with Crippen LogP contribution in [0.15, 0.2) is 41.3 Å². The van der Waals surface area contributed by atoms with Gasteiger partial charge < -0.3 is 5.11 Å². The Morgan fingerprint density at radius 3 is 2.77 bits per heavy atom. The van der Waals surface area contributed by atoms with Crippen LogP contribution in [-0.4, -0.2) is 9.67 Å². The monoisotopic (exact) mass is 175 g/mol. The highest BCUT2D eigenvalue weighted by Crippen LogP contribution is 2.07. The zero-order valence-electron chi connectivity index (χ0n) is 6.97. The number of benzene rings is 1. The molecule has 1 heterocycles. The molecule has 0 aliphatic heterocycles. The first-order valence-corrected chi connectivity index (χ1v) is 4.02. The maximum atomic E-state index is 11.6. The number of aliphatic hydroxyl groups is 1. The van der Waals surface area contributed by atoms with Crippen LogP contribution in [0.5, 0.6) is 0 Å². The number of nitrogens with zero attached hydrogens (tertiary/aromatic N) is 1. The summed E-state index contributed by atoms with van der Waals surface area (Å²) in [6, 6.07) is 9.13. The van der Waals surface area contributed by atoms with E-state index in [1.54, 1.807) is 12.3 Å². The zero-order chi connectivity index (χ0) is 9.26. The first kappa shape index (κ1) is 8.01. The van der Waals surface area contributed by atoms with Gasteiger partial charge in [-0.05, 0) is 17.5 Å². The van der Waals surface area contributed by atoms with E-state index in [0.29, 0.717) is 5.39 Å². The molecular weight excluding hydrogens is 166 g/mol. The molecule has 1 aromatic heterocycles. The van der Waals surface area contributed by atoms with Crippen molar-refractivity contribution in [3.8, 4) is 0 Å². The van der Waals surface area contributed by atoms with Gasteiger partial charge in [-0.15, -0.1) is 0 Å². The van der Waals surface area contributed by atoms with Crippen molar-refractivity contribution in [2.45, 2.75) is 6.73 Å². The summed E-state index contributed by atoms with van der Waals surface area (Å²) in [5.74, 6) is 0. The Morgan fingerprint density at radius 1 is 1.23 bits per heavy atom. The lowest BCUT2D eigenvalue weighted by Crippen LogP contribution is -2.18. The van der Waals surface area contributed by atoms with Crippen LogP contribution in [0.1, 0.15) is 0 Å². The summed E-state index contributed by atoms with van der Waals surface area (Å²) >= 11 is 0. The van der Waals surface area contributed by atoms with E-state index in [1.807, 2.05) is 24.3 Å². The van der Waals surface area contributed by atoms with Crippen molar-refractivity contribution in [2.75, 3.05) is 0 Å². The van der Waals surface area contributed by atoms with Crippen LogP contribution in [0.3, 0.4) is 0 Å². The summed E-state index contributed by atoms with van der Waals surface area (Å²) in [4.78, 5) is 11.6. The molecule has 0 fully saturated rings. The van der Waals surface area contributed by atoms with Crippen molar-refractivity contribution in [2.24, 2.45) is 0 Å². The summed E-state index contributed by atoms with van der Waals surface area (Å²) in [7, 11) is 0. The van der Waals surface area contributed by atoms with Crippen molar-refractivity contribution in [3.05, 3.63) is 46.9 Å². The number of rotatable bonds is 1. The minimum Gasteiger partial charge on any atom is -0.376 e. The lowest BCUT2D eigenvalue weighted by atomic mass is 10.2. The Labute approximate surface area is 74.9 Å². The van der Waals surface area contributed by atoms with Crippen LogP contribution >= 0.6 is 0 Å². The van der Waals surface area contributed by atoms with Gasteiger partial charge in [-0.3, -0.25) is 9.36 Å². The van der Waals surface area contributed by atoms with E-state index in [2.05, 4.69) is 0 Å². The maximum Gasteiger partial charge on any atom is 0.260 e. The van der Waals surface area contributed by atoms with Gasteiger partial charge in [0.25, 0.3) is 5.56 Å². The van der Waals surface area contributed by atoms with Gasteiger partial charge in [0.05, 0.1) is 0 Å². The fourth-order valence-corrected chi connectivity index (χ4v) is 1.34. The molecule has 0 aliphatic carbocycles. The van der Waals surface area contributed by atoms with Gasteiger partial charge in [0.2, 0.25) is 0 Å². The first-order valence-electron chi connectivity index (χ1n) is 4.02. The zero-order valence-corrected chi connectivity index (χ0v) is 6.97. The fraction of sp³-hybridized carbons (Fsp3) is 0.100. The third kappa shape index (κ3) is 1.23. The van der Waals surface area contributed by atoms with E-state index < -0.39 is 0 Å². The molecule has 0 spiro atoms. The van der Waals surface area contributed by atoms with Crippen LogP contribution in [0.2, 0.25) is 0 Å². The predicted molar refractivity (Wildman–Crippen MR) is 50.4 cm³/mol. The van der Waals surface area contributed by atoms with Gasteiger partial charge in [0.1, 0.15) is 6.73 Å². The number of pyridine rings is 1. The molecule has 2 rings (SSSR count). The summed E-state index contributed by atoms with van der Waals surface area (Å²) in [5, 5.41) is 10.4. The number of hydrogen-bond acceptors (Lipinski definition) is 2. The third-order valence-corrected chi connectivity index (χ3v) is 2.04. The molecular formula is C10H9NO2. The lowest BCUT2D eigenvalue weighted by Gasteiger charge is -2.01. The van der Waals surface area contributed by atoms with Crippen molar-refractivity contribution >= 4 is 10.8 Å². The predicted octanol–water partition coefficient (Wildman–Crippen LogP) is 0.951. The largest absolute Gasteiger partial charge is 0.376 e. The SMILES string of the molecule is O=c1c2ccccc2ccn1CO. The molecule has 0 unspecified atom stereocenters. The van der Waals surface area contributed by atoms with Crippen LogP contribution in [-0.2, 0) is 6.73 Å². The molecule has 0 atom stereocenters. The van der Waals surface area contributed by atoms with Crippen molar-refractivity contribution in [1.82, 2.24) is 4.57 Å². The maximum absolute atomic E-state index is 11.6. The minimum absolute atomic E-state index is 0.152. The van der Waals surface area contributed by atoms with Gasteiger partial charge in [-0.1, -0.05) is 18.2 Å². The number of hydrogen-bond donors (Lipinski definition) is 1. The molecule has 0 aliphatic rings. The molecule has 0 radical (unpaired) electrons. The van der Waals surface area contributed by atoms with Crippen LogP contribution in [0.4, 0.5) is 0 Å². The van der Waals surface area contributed by atoms with Gasteiger partial charge in [0, 0.05) is 11.6 Å². The molecule has 3 nitrogen and oxygen atoms in total. The second kappa shape index (κ2) is 3.03. The Hall–Kier alpha value is -1.61. The molecule has 66 valence electrons. The average Bonchev–Trinajstić information content (AvgIpc) is 2.19. The molecule has 2 aromatic rings. The fourth-order valence-electron chi connectivity index (χ4n) is 1.34. The van der Waals surface area contributed by atoms with Crippen LogP contribution < -0.4 is 5.56 Å². The van der Waals surface area contributed by atoms with Crippen molar-refractivity contribution < 1.29 is 5.11 Å². The molecule has 0 bridgehead atoms. The Morgan fingerprint density at radius 2 is 2.00 bits per heavy atom. The first-order chi connectivity index (χ1) is 6.33. The van der Waals surface area contributed by atoms with Crippen LogP contribution in [0.25, 0.3) is 10.8 Å². The molecule has 3 heteroatoms. The summed E-state index contributed by atoms with van der Waals surface area (Å²) in [6.45, 7) is -0.274. The second-order valence-corrected chi connectivity index (χ2v) is 2.82. The van der Waals surface area contributed by atoms with Gasteiger partial charge in [-0.25, -0.2) is 0 Å². The molecule has 1 N–H and O–H groups in total. The Balaban J connectivity index is 2.87. The summed E-state index contributed by atoms with van der Waals surface area (Å²) < 4.78 is 1.27. The van der Waals surface area contributed by atoms with Crippen molar-refractivity contribution in [3.63, 3.8) is 0 Å². The number of aliphatic hydroxyl groups excluding tert-OH is 1. The molecule has 0 amide bonds. The smallest absolute Gasteiger partial charge is 0.260 e. The average molecular weight is 175 g/mol. The Kier molecular flexibility index (Phi) is 1.87. The topological polar surface area (TPSA) is 42.2 Å².